The second-order valence-electron chi connectivity index (χ2n) is 7.08. The standard InChI is InChI=1S/C21H28N4O4/c1-28-11-12-29-21(26)24-16-6-7-17-15-8-10-25(27)20(13-15)18(22)5-3-2-4-9-23-19(17)14-16/h6-8,10,13-14,18,27H,2-5,9,11-12,22H2,1H3,(H,23,24,26)/p+1/t18-/m0/s1. The van der Waals surface area contributed by atoms with Gasteiger partial charge < -0.3 is 20.5 Å². The molecular weight excluding hydrogens is 372 g/mol. The number of rotatable bonds is 4. The van der Waals surface area contributed by atoms with Crippen molar-refractivity contribution in [2.45, 2.75) is 31.7 Å². The number of nitrogens with one attached hydrogen (secondary N) is 2. The number of fused-ring (bicyclic) bond motifs is 4. The molecule has 1 aliphatic rings. The third-order valence-corrected chi connectivity index (χ3v) is 4.95. The third kappa shape index (κ3) is 5.58. The number of nitrogens with zero attached hydrogens (tertiary/aromatic N) is 1. The maximum absolute atomic E-state index is 11.9. The third-order valence-electron chi connectivity index (χ3n) is 4.95. The number of aromatic nitrogens is 1. The number of anilines is 2. The SMILES string of the molecule is COCCOC(=O)Nc1ccc2c(c1)NCCCCC[C@H](N)c1cc-2cc[n+]1O. The van der Waals surface area contributed by atoms with Crippen LogP contribution in [0.15, 0.2) is 36.5 Å². The van der Waals surface area contributed by atoms with Gasteiger partial charge in [0, 0.05) is 47.5 Å². The highest BCUT2D eigenvalue weighted by atomic mass is 16.6. The summed E-state index contributed by atoms with van der Waals surface area (Å²) < 4.78 is 11.0. The van der Waals surface area contributed by atoms with E-state index in [0.717, 1.165) is 53.8 Å². The molecule has 5 N–H and O–H groups in total. The lowest BCUT2D eigenvalue weighted by Gasteiger charge is -2.17. The number of ether oxygens (including phenoxy) is 2. The van der Waals surface area contributed by atoms with E-state index in [1.54, 1.807) is 13.3 Å². The van der Waals surface area contributed by atoms with Crippen molar-refractivity contribution in [1.82, 2.24) is 0 Å². The van der Waals surface area contributed by atoms with Crippen molar-refractivity contribution in [1.29, 1.82) is 0 Å². The molecule has 1 atom stereocenters. The quantitative estimate of drug-likeness (QED) is 0.356. The highest BCUT2D eigenvalue weighted by Crippen LogP contribution is 2.32. The van der Waals surface area contributed by atoms with Crippen LogP contribution < -0.4 is 21.1 Å². The molecule has 0 fully saturated rings. The molecule has 8 heteroatoms. The number of pyridine rings is 1. The zero-order valence-electron chi connectivity index (χ0n) is 16.7. The summed E-state index contributed by atoms with van der Waals surface area (Å²) in [5.41, 5.74) is 10.4. The summed E-state index contributed by atoms with van der Waals surface area (Å²) in [6, 6.07) is 9.18. The molecule has 0 saturated heterocycles. The van der Waals surface area contributed by atoms with Gasteiger partial charge in [0.1, 0.15) is 6.61 Å². The lowest BCUT2D eigenvalue weighted by atomic mass is 9.98. The second-order valence-corrected chi connectivity index (χ2v) is 7.08. The second kappa shape index (κ2) is 10.1. The van der Waals surface area contributed by atoms with Gasteiger partial charge in [-0.1, -0.05) is 18.9 Å². The highest BCUT2D eigenvalue weighted by molar-refractivity contribution is 5.88. The fraction of sp³-hybridized carbons (Fsp3) is 0.429. The Morgan fingerprint density at radius 1 is 1.28 bits per heavy atom. The van der Waals surface area contributed by atoms with Crippen LogP contribution in [-0.2, 0) is 9.47 Å². The Morgan fingerprint density at radius 2 is 2.14 bits per heavy atom. The molecule has 2 heterocycles. The van der Waals surface area contributed by atoms with E-state index >= 15 is 0 Å². The number of nitrogens with two attached hydrogens (primary N) is 1. The Kier molecular flexibility index (Phi) is 7.26. The van der Waals surface area contributed by atoms with E-state index in [9.17, 15) is 10.0 Å². The van der Waals surface area contributed by atoms with Crippen LogP contribution in [0.4, 0.5) is 16.2 Å². The molecule has 0 spiro atoms. The van der Waals surface area contributed by atoms with Crippen molar-refractivity contribution in [3.63, 3.8) is 0 Å². The van der Waals surface area contributed by atoms with Gasteiger partial charge in [0.2, 0.25) is 6.20 Å². The van der Waals surface area contributed by atoms with Crippen LogP contribution in [-0.4, -0.2) is 38.2 Å². The maximum Gasteiger partial charge on any atom is 0.411 e. The zero-order valence-corrected chi connectivity index (χ0v) is 16.7. The molecule has 2 bridgehead atoms. The fourth-order valence-corrected chi connectivity index (χ4v) is 3.38. The van der Waals surface area contributed by atoms with E-state index in [1.165, 1.54) is 0 Å². The Labute approximate surface area is 170 Å². The maximum atomic E-state index is 11.9. The number of methoxy groups -OCH3 is 1. The molecule has 1 aromatic heterocycles. The minimum Gasteiger partial charge on any atom is -0.447 e. The van der Waals surface area contributed by atoms with Crippen molar-refractivity contribution < 1.29 is 24.2 Å². The molecule has 0 radical (unpaired) electrons. The average Bonchev–Trinajstić information content (AvgIpc) is 2.70. The molecule has 1 aromatic carbocycles. The van der Waals surface area contributed by atoms with Crippen molar-refractivity contribution in [2.75, 3.05) is 37.5 Å². The van der Waals surface area contributed by atoms with Crippen LogP contribution in [0.5, 0.6) is 0 Å². The molecule has 29 heavy (non-hydrogen) atoms. The van der Waals surface area contributed by atoms with Gasteiger partial charge in [-0.3, -0.25) is 10.5 Å². The smallest absolute Gasteiger partial charge is 0.411 e. The molecule has 156 valence electrons. The first-order valence-electron chi connectivity index (χ1n) is 9.90. The Morgan fingerprint density at radius 3 is 2.97 bits per heavy atom. The number of hydrogen-bond donors (Lipinski definition) is 4. The van der Waals surface area contributed by atoms with Gasteiger partial charge in [0.15, 0.2) is 0 Å². The van der Waals surface area contributed by atoms with Gasteiger partial charge in [0.05, 0.1) is 12.6 Å². The van der Waals surface area contributed by atoms with E-state index in [-0.39, 0.29) is 12.6 Å². The predicted molar refractivity (Wildman–Crippen MR) is 110 cm³/mol. The summed E-state index contributed by atoms with van der Waals surface area (Å²) in [6.07, 6.45) is 4.96. The molecule has 0 unspecified atom stereocenters. The fourth-order valence-electron chi connectivity index (χ4n) is 3.38. The Balaban J connectivity index is 1.89. The number of hydrogen-bond acceptors (Lipinski definition) is 6. The first-order valence-corrected chi connectivity index (χ1v) is 9.90. The molecule has 3 rings (SSSR count). The zero-order chi connectivity index (χ0) is 20.6. The summed E-state index contributed by atoms with van der Waals surface area (Å²) in [4.78, 5) is 11.9. The van der Waals surface area contributed by atoms with Crippen LogP contribution in [0.2, 0.25) is 0 Å². The number of benzene rings is 1. The van der Waals surface area contributed by atoms with E-state index in [0.29, 0.717) is 18.0 Å². The van der Waals surface area contributed by atoms with E-state index in [4.69, 9.17) is 15.2 Å². The summed E-state index contributed by atoms with van der Waals surface area (Å²) in [5, 5.41) is 16.4. The lowest BCUT2D eigenvalue weighted by molar-refractivity contribution is -0.910. The van der Waals surface area contributed by atoms with Gasteiger partial charge in [0.25, 0.3) is 5.69 Å². The summed E-state index contributed by atoms with van der Waals surface area (Å²) in [7, 11) is 1.55. The summed E-state index contributed by atoms with van der Waals surface area (Å²) in [6.45, 7) is 1.37. The molecular formula is C21H29N4O4+. The monoisotopic (exact) mass is 401 g/mol. The molecule has 2 aromatic rings. The normalized spacial score (nSPS) is 16.6. The van der Waals surface area contributed by atoms with Gasteiger partial charge in [-0.2, -0.15) is 0 Å². The van der Waals surface area contributed by atoms with Crippen molar-refractivity contribution in [3.8, 4) is 11.1 Å². The number of carbonyl (C=O) groups is 1. The van der Waals surface area contributed by atoms with E-state index < -0.39 is 6.09 Å². The Hall–Kier alpha value is -2.84. The van der Waals surface area contributed by atoms with E-state index in [1.807, 2.05) is 30.3 Å². The van der Waals surface area contributed by atoms with Crippen molar-refractivity contribution in [2.24, 2.45) is 5.73 Å². The van der Waals surface area contributed by atoms with Gasteiger partial charge >= 0.3 is 6.09 Å². The first kappa shape index (κ1) is 20.9. The molecule has 1 aliphatic heterocycles. The molecule has 0 saturated carbocycles. The summed E-state index contributed by atoms with van der Waals surface area (Å²) >= 11 is 0. The van der Waals surface area contributed by atoms with Gasteiger partial charge in [-0.25, -0.2) is 4.79 Å². The molecule has 0 aliphatic carbocycles. The average molecular weight is 401 g/mol. The van der Waals surface area contributed by atoms with Crippen molar-refractivity contribution in [3.05, 3.63) is 42.2 Å². The van der Waals surface area contributed by atoms with Crippen LogP contribution in [0.3, 0.4) is 0 Å². The predicted octanol–water partition coefficient (Wildman–Crippen LogP) is 3.06. The van der Waals surface area contributed by atoms with Crippen LogP contribution in [0.1, 0.15) is 37.4 Å². The van der Waals surface area contributed by atoms with Crippen LogP contribution in [0, 0.1) is 0 Å². The van der Waals surface area contributed by atoms with Gasteiger partial charge in [-0.15, -0.1) is 0 Å². The van der Waals surface area contributed by atoms with Gasteiger partial charge in [-0.05, 0) is 30.5 Å². The molecule has 1 amide bonds. The highest BCUT2D eigenvalue weighted by Gasteiger charge is 2.21. The minimum atomic E-state index is -0.524. The summed E-state index contributed by atoms with van der Waals surface area (Å²) in [5.74, 6) is 0. The van der Waals surface area contributed by atoms with Crippen LogP contribution in [0.25, 0.3) is 11.1 Å². The number of amides is 1. The van der Waals surface area contributed by atoms with Crippen molar-refractivity contribution >= 4 is 17.5 Å². The number of carbonyl (C=O) groups excluding carboxylic acids is 1. The topological polar surface area (TPSA) is 110 Å². The minimum absolute atomic E-state index is 0.194. The Bertz CT molecular complexity index is 843. The van der Waals surface area contributed by atoms with E-state index in [2.05, 4.69) is 10.6 Å². The largest absolute Gasteiger partial charge is 0.447 e. The first-order chi connectivity index (χ1) is 14.1. The lowest BCUT2D eigenvalue weighted by Crippen LogP contribution is -2.38. The molecule has 8 nitrogen and oxygen atoms in total. The van der Waals surface area contributed by atoms with Crippen LogP contribution >= 0.6 is 0 Å².